The van der Waals surface area contributed by atoms with Gasteiger partial charge in [0.1, 0.15) is 5.56 Å². The molecule has 0 aliphatic carbocycles. The zero-order chi connectivity index (χ0) is 27.3. The zero-order valence-electron chi connectivity index (χ0n) is 20.7. The number of anilines is 1. The van der Waals surface area contributed by atoms with E-state index in [1.165, 1.54) is 34.9 Å². The average molecular weight is 545 g/mol. The van der Waals surface area contributed by atoms with Gasteiger partial charge in [-0.25, -0.2) is 0 Å². The Bertz CT molecular complexity index is 1550. The number of carbonyl (C=O) groups excluding carboxylic acids is 1. The fraction of sp³-hybridized carbons (Fsp3) is 0.280. The van der Waals surface area contributed by atoms with E-state index < -0.39 is 16.0 Å². The van der Waals surface area contributed by atoms with Crippen LogP contribution in [0.5, 0.6) is 5.88 Å². The first-order valence-corrected chi connectivity index (χ1v) is 13.4. The van der Waals surface area contributed by atoms with Gasteiger partial charge >= 0.3 is 0 Å². The van der Waals surface area contributed by atoms with Crippen LogP contribution in [0.15, 0.2) is 68.9 Å². The second-order valence-electron chi connectivity index (χ2n) is 8.22. The van der Waals surface area contributed by atoms with E-state index in [1.54, 1.807) is 35.8 Å². The summed E-state index contributed by atoms with van der Waals surface area (Å²) in [5.41, 5.74) is 0.881. The first-order valence-electron chi connectivity index (χ1n) is 11.6. The van der Waals surface area contributed by atoms with Crippen molar-refractivity contribution in [2.45, 2.75) is 51.6 Å². The van der Waals surface area contributed by atoms with Gasteiger partial charge in [-0.3, -0.25) is 23.3 Å². The van der Waals surface area contributed by atoms with Gasteiger partial charge in [-0.15, -0.1) is 0 Å². The van der Waals surface area contributed by atoms with Crippen molar-refractivity contribution in [1.82, 2.24) is 9.13 Å². The van der Waals surface area contributed by atoms with Gasteiger partial charge < -0.3 is 5.11 Å². The van der Waals surface area contributed by atoms with Crippen molar-refractivity contribution in [3.63, 3.8) is 0 Å². The van der Waals surface area contributed by atoms with Gasteiger partial charge in [0.2, 0.25) is 5.88 Å². The van der Waals surface area contributed by atoms with Gasteiger partial charge in [-0.05, 0) is 68.4 Å². The summed E-state index contributed by atoms with van der Waals surface area (Å²) in [6.07, 6.45) is 9.33. The van der Waals surface area contributed by atoms with Crippen LogP contribution in [0, 0.1) is 4.77 Å². The molecule has 1 aliphatic heterocycles. The summed E-state index contributed by atoms with van der Waals surface area (Å²) in [6, 6.07) is 5.11. The molecule has 12 heteroatoms. The van der Waals surface area contributed by atoms with Crippen LogP contribution >= 0.6 is 12.2 Å². The normalized spacial score (nSPS) is 15.5. The lowest BCUT2D eigenvalue weighted by molar-refractivity contribution is -0.114. The number of aromatic hydroxyl groups is 1. The van der Waals surface area contributed by atoms with Crippen molar-refractivity contribution in [3.05, 3.63) is 74.8 Å². The summed E-state index contributed by atoms with van der Waals surface area (Å²) in [6.45, 7) is 6.48. The first-order chi connectivity index (χ1) is 17.5. The Hall–Kier alpha value is -3.61. The standard InChI is InChI=1S/C25H28N4O6S2/c1-4-15-27-22(30)21(23(31)28(16-5-2)25(27)36)10-8-6-7-9-20-17(3)26-29(24(20)32)18-11-13-19(14-12-18)37(33,34)35/h6-14,30H,4-5,15-16H2,1-3H3,(H,33,34,35)/b7-6+,10-8+,20-9-. The lowest BCUT2D eigenvalue weighted by Gasteiger charge is -2.15. The van der Waals surface area contributed by atoms with Gasteiger partial charge in [-0.2, -0.15) is 18.5 Å². The van der Waals surface area contributed by atoms with Crippen molar-refractivity contribution in [1.29, 1.82) is 0 Å². The molecule has 0 fully saturated rings. The fourth-order valence-corrected chi connectivity index (χ4v) is 4.55. The van der Waals surface area contributed by atoms with E-state index in [2.05, 4.69) is 5.10 Å². The second-order valence-corrected chi connectivity index (χ2v) is 10.0. The minimum atomic E-state index is -4.34. The van der Waals surface area contributed by atoms with E-state index in [4.69, 9.17) is 16.8 Å². The van der Waals surface area contributed by atoms with Crippen LogP contribution in [-0.4, -0.2) is 38.8 Å². The Kier molecular flexibility index (Phi) is 8.79. The largest absolute Gasteiger partial charge is 0.494 e. The number of allylic oxidation sites excluding steroid dienone is 4. The summed E-state index contributed by atoms with van der Waals surface area (Å²) < 4.78 is 34.9. The number of rotatable bonds is 9. The molecule has 0 bridgehead atoms. The van der Waals surface area contributed by atoms with E-state index in [9.17, 15) is 23.1 Å². The summed E-state index contributed by atoms with van der Waals surface area (Å²) >= 11 is 5.40. The smallest absolute Gasteiger partial charge is 0.294 e. The lowest BCUT2D eigenvalue weighted by atomic mass is 10.1. The number of hydrazone groups is 1. The van der Waals surface area contributed by atoms with Gasteiger partial charge in [0.05, 0.1) is 21.9 Å². The molecule has 196 valence electrons. The van der Waals surface area contributed by atoms with Gasteiger partial charge in [0.15, 0.2) is 4.77 Å². The third-order valence-electron chi connectivity index (χ3n) is 5.52. The maximum atomic E-state index is 12.9. The Morgan fingerprint density at radius 2 is 1.62 bits per heavy atom. The van der Waals surface area contributed by atoms with Gasteiger partial charge in [0.25, 0.3) is 21.6 Å². The predicted molar refractivity (Wildman–Crippen MR) is 145 cm³/mol. The Labute approximate surface area is 219 Å². The van der Waals surface area contributed by atoms with Crippen LogP contribution < -0.4 is 10.6 Å². The first kappa shape index (κ1) is 28.0. The second kappa shape index (κ2) is 11.6. The molecule has 0 unspecified atom stereocenters. The molecule has 2 N–H and O–H groups in total. The highest BCUT2D eigenvalue weighted by atomic mass is 32.2. The molecule has 1 aromatic heterocycles. The molecule has 0 saturated heterocycles. The zero-order valence-corrected chi connectivity index (χ0v) is 22.3. The minimum absolute atomic E-state index is 0.127. The van der Waals surface area contributed by atoms with Gasteiger partial charge in [0, 0.05) is 13.1 Å². The number of carbonyl (C=O) groups is 1. The molecule has 0 saturated carbocycles. The molecule has 0 radical (unpaired) electrons. The fourth-order valence-electron chi connectivity index (χ4n) is 3.71. The van der Waals surface area contributed by atoms with E-state index >= 15 is 0 Å². The Morgan fingerprint density at radius 1 is 1.00 bits per heavy atom. The van der Waals surface area contributed by atoms with Crippen molar-refractivity contribution in [2.75, 3.05) is 5.01 Å². The Balaban J connectivity index is 1.83. The van der Waals surface area contributed by atoms with Crippen LogP contribution in [0.4, 0.5) is 5.69 Å². The maximum Gasteiger partial charge on any atom is 0.294 e. The Morgan fingerprint density at radius 3 is 2.22 bits per heavy atom. The summed E-state index contributed by atoms with van der Waals surface area (Å²) in [7, 11) is -4.34. The molecule has 37 heavy (non-hydrogen) atoms. The van der Waals surface area contributed by atoms with Crippen molar-refractivity contribution in [2.24, 2.45) is 5.10 Å². The van der Waals surface area contributed by atoms with Crippen LogP contribution in [0.2, 0.25) is 0 Å². The van der Waals surface area contributed by atoms with E-state index in [-0.39, 0.29) is 26.7 Å². The monoisotopic (exact) mass is 544 g/mol. The number of aromatic nitrogens is 2. The van der Waals surface area contributed by atoms with Crippen LogP contribution in [0.1, 0.15) is 39.2 Å². The molecule has 1 aromatic carbocycles. The van der Waals surface area contributed by atoms with Crippen molar-refractivity contribution >= 4 is 45.7 Å². The number of amides is 1. The van der Waals surface area contributed by atoms with E-state index in [0.717, 1.165) is 11.4 Å². The molecule has 1 amide bonds. The molecule has 0 spiro atoms. The number of hydrogen-bond donors (Lipinski definition) is 2. The lowest BCUT2D eigenvalue weighted by Crippen LogP contribution is -2.27. The number of nitrogens with zero attached hydrogens (tertiary/aromatic N) is 4. The highest BCUT2D eigenvalue weighted by molar-refractivity contribution is 7.85. The summed E-state index contributed by atoms with van der Waals surface area (Å²) in [5.74, 6) is -0.593. The molecular weight excluding hydrogens is 516 g/mol. The highest BCUT2D eigenvalue weighted by Gasteiger charge is 2.28. The molecule has 1 aliphatic rings. The van der Waals surface area contributed by atoms with Gasteiger partial charge in [-0.1, -0.05) is 32.1 Å². The van der Waals surface area contributed by atoms with Crippen LogP contribution in [0.25, 0.3) is 6.08 Å². The van der Waals surface area contributed by atoms with Crippen molar-refractivity contribution < 1.29 is 22.9 Å². The molecule has 3 rings (SSSR count). The van der Waals surface area contributed by atoms with E-state index in [1.807, 2.05) is 13.8 Å². The predicted octanol–water partition coefficient (Wildman–Crippen LogP) is 4.07. The minimum Gasteiger partial charge on any atom is -0.494 e. The third kappa shape index (κ3) is 6.04. The summed E-state index contributed by atoms with van der Waals surface area (Å²) in [5, 5.41) is 16.0. The number of hydrogen-bond acceptors (Lipinski definition) is 7. The molecule has 0 atom stereocenters. The molecule has 2 aromatic rings. The average Bonchev–Trinajstić information content (AvgIpc) is 3.14. The van der Waals surface area contributed by atoms with Crippen molar-refractivity contribution in [3.8, 4) is 5.88 Å². The van der Waals surface area contributed by atoms with E-state index in [0.29, 0.717) is 36.5 Å². The molecular formula is C25H28N4O6S2. The SMILES string of the molecule is CCCn1c(O)c(/C=C/C=C/C=C2\C(=O)N(c3ccc(S(=O)(=O)O)cc3)N=C2C)c(=O)n(CCC)c1=S. The maximum absolute atomic E-state index is 12.9. The van der Waals surface area contributed by atoms with Crippen LogP contribution in [0.3, 0.4) is 0 Å². The molecule has 10 nitrogen and oxygen atoms in total. The quantitative estimate of drug-likeness (QED) is 0.210. The summed E-state index contributed by atoms with van der Waals surface area (Å²) in [4.78, 5) is 25.4. The third-order valence-corrected chi connectivity index (χ3v) is 6.83. The number of benzene rings is 1. The topological polar surface area (TPSA) is 134 Å². The van der Waals surface area contributed by atoms with Crippen LogP contribution in [-0.2, 0) is 28.0 Å². The molecule has 2 heterocycles. The highest BCUT2D eigenvalue weighted by Crippen LogP contribution is 2.25.